The van der Waals surface area contributed by atoms with Gasteiger partial charge in [-0.3, -0.25) is 9.67 Å². The fourth-order valence-electron chi connectivity index (χ4n) is 4.45. The van der Waals surface area contributed by atoms with Crippen molar-refractivity contribution in [2.75, 3.05) is 20.2 Å². The average molecular weight is 505 g/mol. The lowest BCUT2D eigenvalue weighted by Crippen LogP contribution is -2.35. The third kappa shape index (κ3) is 5.07. The molecule has 0 radical (unpaired) electrons. The molecule has 4 aromatic rings. The van der Waals surface area contributed by atoms with Crippen LogP contribution in [0.25, 0.3) is 22.2 Å². The van der Waals surface area contributed by atoms with Gasteiger partial charge in [0, 0.05) is 36.4 Å². The number of carbonyl (C=O) groups excluding carboxylic acids is 1. The van der Waals surface area contributed by atoms with Gasteiger partial charge in [0.25, 0.3) is 0 Å². The molecule has 0 bridgehead atoms. The van der Waals surface area contributed by atoms with Gasteiger partial charge in [-0.15, -0.1) is 0 Å². The number of nitrogens with zero attached hydrogens (tertiary/aromatic N) is 4. The van der Waals surface area contributed by atoms with E-state index in [1.54, 1.807) is 41.6 Å². The van der Waals surface area contributed by atoms with Crippen molar-refractivity contribution < 1.29 is 23.4 Å². The molecule has 8 nitrogen and oxygen atoms in total. The van der Waals surface area contributed by atoms with Gasteiger partial charge < -0.3 is 19.1 Å². The fraction of sp³-hybridized carbons (Fsp3) is 0.321. The van der Waals surface area contributed by atoms with Crippen LogP contribution in [0.1, 0.15) is 33.2 Å². The highest BCUT2D eigenvalue weighted by Gasteiger charge is 2.32. The number of ether oxygens (including phenoxy) is 3. The van der Waals surface area contributed by atoms with Gasteiger partial charge in [0.2, 0.25) is 5.82 Å². The molecule has 0 unspecified atom stereocenters. The van der Waals surface area contributed by atoms with Crippen LogP contribution in [-0.2, 0) is 4.74 Å². The van der Waals surface area contributed by atoms with Crippen molar-refractivity contribution in [1.82, 2.24) is 19.7 Å². The Labute approximate surface area is 214 Å². The van der Waals surface area contributed by atoms with Crippen molar-refractivity contribution in [3.05, 3.63) is 66.7 Å². The second-order valence-electron chi connectivity index (χ2n) is 9.95. The quantitative estimate of drug-likeness (QED) is 0.321. The topological polar surface area (TPSA) is 78.7 Å². The molecule has 1 atom stereocenters. The first kappa shape index (κ1) is 24.5. The summed E-state index contributed by atoms with van der Waals surface area (Å²) in [4.78, 5) is 18.6. The molecule has 5 rings (SSSR count). The number of hydrogen-bond acceptors (Lipinski definition) is 6. The molecule has 2 aromatic heterocycles. The minimum atomic E-state index is -0.554. The van der Waals surface area contributed by atoms with E-state index in [1.165, 1.54) is 13.2 Å². The van der Waals surface area contributed by atoms with Gasteiger partial charge in [0.05, 0.1) is 18.7 Å². The summed E-state index contributed by atoms with van der Waals surface area (Å²) < 4.78 is 32.8. The van der Waals surface area contributed by atoms with Crippen molar-refractivity contribution in [3.8, 4) is 28.5 Å². The highest BCUT2D eigenvalue weighted by molar-refractivity contribution is 5.92. The molecule has 0 spiro atoms. The molecule has 2 aromatic carbocycles. The van der Waals surface area contributed by atoms with Crippen LogP contribution in [-0.4, -0.2) is 51.6 Å². The second-order valence-corrected chi connectivity index (χ2v) is 9.95. The number of pyridine rings is 1. The number of halogens is 1. The lowest BCUT2D eigenvalue weighted by atomic mass is 10.1. The van der Waals surface area contributed by atoms with Crippen molar-refractivity contribution >= 4 is 17.0 Å². The molecule has 1 amide bonds. The molecule has 9 heteroatoms. The molecule has 0 N–H and O–H groups in total. The summed E-state index contributed by atoms with van der Waals surface area (Å²) in [6.07, 6.45) is 4.00. The minimum absolute atomic E-state index is 0.0183. The predicted molar refractivity (Wildman–Crippen MR) is 137 cm³/mol. The second kappa shape index (κ2) is 9.72. The summed E-state index contributed by atoms with van der Waals surface area (Å²) in [5, 5.41) is 5.85. The van der Waals surface area contributed by atoms with E-state index in [2.05, 4.69) is 4.98 Å². The molecule has 0 aliphatic carbocycles. The number of likely N-dealkylation sites (tertiary alicyclic amines) is 1. The Morgan fingerprint density at radius 1 is 1.08 bits per heavy atom. The molecular formula is C28H29FN4O4. The van der Waals surface area contributed by atoms with Crippen LogP contribution < -0.4 is 9.47 Å². The Bertz CT molecular complexity index is 1430. The predicted octanol–water partition coefficient (Wildman–Crippen LogP) is 6.22. The van der Waals surface area contributed by atoms with Gasteiger partial charge in [-0.05, 0) is 69.7 Å². The number of amides is 1. The lowest BCUT2D eigenvalue weighted by molar-refractivity contribution is 0.0288. The minimum Gasteiger partial charge on any atom is -0.494 e. The van der Waals surface area contributed by atoms with Gasteiger partial charge in [-0.1, -0.05) is 6.07 Å². The zero-order chi connectivity index (χ0) is 26.2. The summed E-state index contributed by atoms with van der Waals surface area (Å²) in [7, 11) is 1.41. The van der Waals surface area contributed by atoms with E-state index in [-0.39, 0.29) is 23.6 Å². The Kier molecular flexibility index (Phi) is 6.45. The first-order chi connectivity index (χ1) is 17.7. The third-order valence-corrected chi connectivity index (χ3v) is 6.17. The van der Waals surface area contributed by atoms with E-state index in [0.29, 0.717) is 18.8 Å². The van der Waals surface area contributed by atoms with Crippen LogP contribution in [0.15, 0.2) is 60.9 Å². The van der Waals surface area contributed by atoms with E-state index in [0.717, 1.165) is 28.6 Å². The summed E-state index contributed by atoms with van der Waals surface area (Å²) in [6.45, 7) is 6.72. The van der Waals surface area contributed by atoms with Crippen LogP contribution in [0.2, 0.25) is 0 Å². The normalized spacial score (nSPS) is 15.7. The van der Waals surface area contributed by atoms with Gasteiger partial charge in [-0.25, -0.2) is 4.79 Å². The van der Waals surface area contributed by atoms with Crippen LogP contribution in [0, 0.1) is 5.82 Å². The Hall–Kier alpha value is -4.14. The molecule has 1 aliphatic heterocycles. The first-order valence-corrected chi connectivity index (χ1v) is 12.1. The van der Waals surface area contributed by atoms with Crippen LogP contribution >= 0.6 is 0 Å². The molecular weight excluding hydrogens is 475 g/mol. The maximum atomic E-state index is 14.5. The highest BCUT2D eigenvalue weighted by Crippen LogP contribution is 2.35. The standard InChI is InChI=1S/C28H29FN4O4/c1-28(2,3)37-27(34)32-15-13-19(17-32)33-22-12-14-30-16-21(22)26(31-33)18-8-10-20(11-9-18)36-24-7-5-6-23(35-4)25(24)29/h5-12,14,16,19H,13,15,17H2,1-4H3/t19-/m1/s1. The van der Waals surface area contributed by atoms with E-state index < -0.39 is 11.4 Å². The third-order valence-electron chi connectivity index (χ3n) is 6.17. The molecule has 1 aliphatic rings. The Morgan fingerprint density at radius 2 is 1.84 bits per heavy atom. The van der Waals surface area contributed by atoms with Crippen LogP contribution in [0.5, 0.6) is 17.2 Å². The van der Waals surface area contributed by atoms with Crippen molar-refractivity contribution in [1.29, 1.82) is 0 Å². The molecule has 37 heavy (non-hydrogen) atoms. The molecule has 3 heterocycles. The number of fused-ring (bicyclic) bond motifs is 1. The van der Waals surface area contributed by atoms with E-state index in [1.807, 2.05) is 43.7 Å². The molecule has 1 fully saturated rings. The van der Waals surface area contributed by atoms with Crippen molar-refractivity contribution in [2.45, 2.75) is 38.8 Å². The van der Waals surface area contributed by atoms with E-state index in [4.69, 9.17) is 19.3 Å². The maximum absolute atomic E-state index is 14.5. The highest BCUT2D eigenvalue weighted by atomic mass is 19.1. The number of aromatic nitrogens is 3. The zero-order valence-corrected chi connectivity index (χ0v) is 21.3. The van der Waals surface area contributed by atoms with E-state index >= 15 is 0 Å². The van der Waals surface area contributed by atoms with Crippen molar-refractivity contribution in [3.63, 3.8) is 0 Å². The van der Waals surface area contributed by atoms with Crippen LogP contribution in [0.3, 0.4) is 0 Å². The SMILES string of the molecule is COc1cccc(Oc2ccc(-c3nn([C@@H]4CCN(C(=O)OC(C)(C)C)C4)c4ccncc34)cc2)c1F. The van der Waals surface area contributed by atoms with Gasteiger partial charge in [0.15, 0.2) is 11.5 Å². The molecule has 192 valence electrons. The van der Waals surface area contributed by atoms with Crippen LogP contribution in [0.4, 0.5) is 9.18 Å². The monoisotopic (exact) mass is 504 g/mol. The largest absolute Gasteiger partial charge is 0.494 e. The summed E-state index contributed by atoms with van der Waals surface area (Å²) in [5.74, 6) is 0.140. The summed E-state index contributed by atoms with van der Waals surface area (Å²) in [6, 6.07) is 14.0. The van der Waals surface area contributed by atoms with Gasteiger partial charge >= 0.3 is 6.09 Å². The average Bonchev–Trinajstić information content (AvgIpc) is 3.50. The molecule has 1 saturated heterocycles. The Balaban J connectivity index is 1.39. The van der Waals surface area contributed by atoms with Gasteiger partial charge in [0.1, 0.15) is 17.0 Å². The number of methoxy groups -OCH3 is 1. The molecule has 0 saturated carbocycles. The fourth-order valence-corrected chi connectivity index (χ4v) is 4.45. The van der Waals surface area contributed by atoms with E-state index in [9.17, 15) is 9.18 Å². The number of hydrogen-bond donors (Lipinski definition) is 0. The number of rotatable bonds is 5. The Morgan fingerprint density at radius 3 is 2.57 bits per heavy atom. The van der Waals surface area contributed by atoms with Crippen molar-refractivity contribution in [2.24, 2.45) is 0 Å². The smallest absolute Gasteiger partial charge is 0.410 e. The maximum Gasteiger partial charge on any atom is 0.410 e. The lowest BCUT2D eigenvalue weighted by Gasteiger charge is -2.24. The zero-order valence-electron chi connectivity index (χ0n) is 21.3. The van der Waals surface area contributed by atoms with Gasteiger partial charge in [-0.2, -0.15) is 9.49 Å². The number of benzene rings is 2. The first-order valence-electron chi connectivity index (χ1n) is 12.1. The summed E-state index contributed by atoms with van der Waals surface area (Å²) >= 11 is 0. The number of carbonyl (C=O) groups is 1. The summed E-state index contributed by atoms with van der Waals surface area (Å²) in [5.41, 5.74) is 2.05.